The molecule has 5 nitrogen and oxygen atoms in total. The minimum absolute atomic E-state index is 0.0479. The van der Waals surface area contributed by atoms with E-state index < -0.39 is 18.1 Å². The van der Waals surface area contributed by atoms with Gasteiger partial charge in [-0.25, -0.2) is 4.79 Å². The zero-order chi connectivity index (χ0) is 17.0. The lowest BCUT2D eigenvalue weighted by Gasteiger charge is -2.25. The van der Waals surface area contributed by atoms with Crippen LogP contribution >= 0.6 is 15.9 Å². The Labute approximate surface area is 139 Å². The standard InChI is InChI=1S/C14H16BrF3N2O3/c15-9-3-4-12(23-14(16,17)18)11(8-9)19-13(22)20-6-1-2-10(20)5-7-21/h3-4,8,10,21H,1-2,5-7H2,(H,19,22). The topological polar surface area (TPSA) is 61.8 Å². The van der Waals surface area contributed by atoms with Crippen LogP contribution in [0.25, 0.3) is 0 Å². The van der Waals surface area contributed by atoms with Gasteiger partial charge in [-0.3, -0.25) is 0 Å². The zero-order valence-corrected chi connectivity index (χ0v) is 13.7. The van der Waals surface area contributed by atoms with Gasteiger partial charge in [-0.1, -0.05) is 15.9 Å². The molecule has 1 fully saturated rings. The van der Waals surface area contributed by atoms with Gasteiger partial charge in [0.25, 0.3) is 0 Å². The maximum atomic E-state index is 12.4. The molecule has 128 valence electrons. The molecule has 1 heterocycles. The Hall–Kier alpha value is -1.48. The number of amides is 2. The van der Waals surface area contributed by atoms with Gasteiger partial charge >= 0.3 is 12.4 Å². The van der Waals surface area contributed by atoms with Gasteiger partial charge in [0.15, 0.2) is 5.75 Å². The highest BCUT2D eigenvalue weighted by atomic mass is 79.9. The number of nitrogens with zero attached hydrogens (tertiary/aromatic N) is 1. The molecule has 1 aliphatic rings. The van der Waals surface area contributed by atoms with Crippen LogP contribution in [-0.2, 0) is 0 Å². The van der Waals surface area contributed by atoms with Crippen LogP contribution in [0.4, 0.5) is 23.7 Å². The van der Waals surface area contributed by atoms with Crippen LogP contribution in [0.2, 0.25) is 0 Å². The minimum atomic E-state index is -4.85. The Morgan fingerprint density at radius 3 is 2.87 bits per heavy atom. The first-order valence-electron chi connectivity index (χ1n) is 7.04. The number of urea groups is 1. The third-order valence-corrected chi connectivity index (χ3v) is 4.00. The van der Waals surface area contributed by atoms with Crippen molar-refractivity contribution in [2.75, 3.05) is 18.5 Å². The van der Waals surface area contributed by atoms with Crippen molar-refractivity contribution >= 4 is 27.6 Å². The summed E-state index contributed by atoms with van der Waals surface area (Å²) in [5, 5.41) is 11.5. The normalized spacial score (nSPS) is 18.1. The first kappa shape index (κ1) is 17.9. The molecule has 1 aromatic rings. The average molecular weight is 397 g/mol. The molecule has 2 amide bonds. The molecule has 23 heavy (non-hydrogen) atoms. The Balaban J connectivity index is 2.15. The molecule has 0 aromatic heterocycles. The Kier molecular flexibility index (Phi) is 5.74. The number of hydrogen-bond acceptors (Lipinski definition) is 3. The molecule has 1 unspecified atom stereocenters. The predicted octanol–water partition coefficient (Wildman–Crippen LogP) is 3.73. The molecule has 0 bridgehead atoms. The Morgan fingerprint density at radius 2 is 2.22 bits per heavy atom. The lowest BCUT2D eigenvalue weighted by Crippen LogP contribution is -2.39. The SMILES string of the molecule is O=C(Nc1cc(Br)ccc1OC(F)(F)F)N1CCCC1CCO. The maximum absolute atomic E-state index is 12.4. The van der Waals surface area contributed by atoms with Gasteiger partial charge in [0.05, 0.1) is 5.69 Å². The average Bonchev–Trinajstić information content (AvgIpc) is 2.89. The third kappa shape index (κ3) is 5.00. The second-order valence-electron chi connectivity index (χ2n) is 5.12. The summed E-state index contributed by atoms with van der Waals surface area (Å²) < 4.78 is 41.8. The van der Waals surface area contributed by atoms with Crippen molar-refractivity contribution in [3.05, 3.63) is 22.7 Å². The van der Waals surface area contributed by atoms with Crippen LogP contribution in [-0.4, -0.2) is 41.6 Å². The Morgan fingerprint density at radius 1 is 1.48 bits per heavy atom. The third-order valence-electron chi connectivity index (χ3n) is 3.51. The smallest absolute Gasteiger partial charge is 0.404 e. The number of aliphatic hydroxyl groups excluding tert-OH is 1. The summed E-state index contributed by atoms with van der Waals surface area (Å²) in [6, 6.07) is 3.24. The van der Waals surface area contributed by atoms with Gasteiger partial charge in [-0.05, 0) is 37.5 Å². The van der Waals surface area contributed by atoms with E-state index >= 15 is 0 Å². The molecule has 0 radical (unpaired) electrons. The van der Waals surface area contributed by atoms with Gasteiger partial charge < -0.3 is 20.1 Å². The molecular formula is C14H16BrF3N2O3. The fraction of sp³-hybridized carbons (Fsp3) is 0.500. The summed E-state index contributed by atoms with van der Waals surface area (Å²) >= 11 is 3.15. The summed E-state index contributed by atoms with van der Waals surface area (Å²) in [6.45, 7) is 0.452. The molecule has 2 N–H and O–H groups in total. The number of alkyl halides is 3. The second kappa shape index (κ2) is 7.39. The van der Waals surface area contributed by atoms with E-state index in [-0.39, 0.29) is 18.3 Å². The number of anilines is 1. The van der Waals surface area contributed by atoms with Crippen molar-refractivity contribution < 1.29 is 27.8 Å². The first-order valence-corrected chi connectivity index (χ1v) is 7.83. The van der Waals surface area contributed by atoms with Crippen molar-refractivity contribution in [2.45, 2.75) is 31.7 Å². The van der Waals surface area contributed by atoms with Crippen molar-refractivity contribution in [2.24, 2.45) is 0 Å². The van der Waals surface area contributed by atoms with Crippen LogP contribution in [0.15, 0.2) is 22.7 Å². The number of nitrogens with one attached hydrogen (secondary N) is 1. The van der Waals surface area contributed by atoms with Gasteiger partial charge in [0, 0.05) is 23.7 Å². The predicted molar refractivity (Wildman–Crippen MR) is 81.3 cm³/mol. The van der Waals surface area contributed by atoms with E-state index in [0.717, 1.165) is 18.9 Å². The molecule has 1 aromatic carbocycles. The number of aliphatic hydroxyl groups is 1. The molecule has 1 atom stereocenters. The monoisotopic (exact) mass is 396 g/mol. The molecule has 2 rings (SSSR count). The van der Waals surface area contributed by atoms with Gasteiger partial charge in [0.1, 0.15) is 0 Å². The summed E-state index contributed by atoms with van der Waals surface area (Å²) in [6.07, 6.45) is -2.85. The minimum Gasteiger partial charge on any atom is -0.404 e. The van der Waals surface area contributed by atoms with Gasteiger partial charge in [-0.15, -0.1) is 13.2 Å². The molecule has 1 saturated heterocycles. The van der Waals surface area contributed by atoms with Crippen molar-refractivity contribution in [1.82, 2.24) is 4.90 Å². The molecule has 0 aliphatic carbocycles. The van der Waals surface area contributed by atoms with Gasteiger partial charge in [0.2, 0.25) is 0 Å². The first-order chi connectivity index (χ1) is 10.8. The van der Waals surface area contributed by atoms with Crippen LogP contribution in [0.1, 0.15) is 19.3 Å². The van der Waals surface area contributed by atoms with E-state index in [1.807, 2.05) is 0 Å². The molecule has 0 spiro atoms. The van der Waals surface area contributed by atoms with Crippen LogP contribution < -0.4 is 10.1 Å². The number of rotatable bonds is 4. The molecule has 9 heteroatoms. The van der Waals surface area contributed by atoms with E-state index in [2.05, 4.69) is 26.0 Å². The number of carbonyl (C=O) groups is 1. The number of ether oxygens (including phenoxy) is 1. The fourth-order valence-corrected chi connectivity index (χ4v) is 2.91. The quantitative estimate of drug-likeness (QED) is 0.814. The number of likely N-dealkylation sites (tertiary alicyclic amines) is 1. The Bertz CT molecular complexity index is 569. The number of benzene rings is 1. The summed E-state index contributed by atoms with van der Waals surface area (Å²) in [7, 11) is 0. The highest BCUT2D eigenvalue weighted by molar-refractivity contribution is 9.10. The number of hydrogen-bond donors (Lipinski definition) is 2. The van der Waals surface area contributed by atoms with Gasteiger partial charge in [-0.2, -0.15) is 0 Å². The van der Waals surface area contributed by atoms with Crippen LogP contribution in [0.5, 0.6) is 5.75 Å². The lowest BCUT2D eigenvalue weighted by molar-refractivity contribution is -0.274. The fourth-order valence-electron chi connectivity index (χ4n) is 2.55. The highest BCUT2D eigenvalue weighted by Crippen LogP contribution is 2.33. The van der Waals surface area contributed by atoms with Crippen molar-refractivity contribution in [3.63, 3.8) is 0 Å². The van der Waals surface area contributed by atoms with E-state index in [0.29, 0.717) is 17.4 Å². The van der Waals surface area contributed by atoms with E-state index in [1.165, 1.54) is 17.0 Å². The van der Waals surface area contributed by atoms with Crippen LogP contribution in [0, 0.1) is 0 Å². The van der Waals surface area contributed by atoms with E-state index in [9.17, 15) is 18.0 Å². The highest BCUT2D eigenvalue weighted by Gasteiger charge is 2.33. The summed E-state index contributed by atoms with van der Waals surface area (Å²) in [5.41, 5.74) is -0.0728. The lowest BCUT2D eigenvalue weighted by atomic mass is 10.1. The summed E-state index contributed by atoms with van der Waals surface area (Å²) in [5.74, 6) is -0.480. The number of carbonyl (C=O) groups excluding carboxylic acids is 1. The molecule has 1 aliphatic heterocycles. The zero-order valence-electron chi connectivity index (χ0n) is 12.1. The number of halogens is 4. The molecule has 0 saturated carbocycles. The molecular weight excluding hydrogens is 381 g/mol. The van der Waals surface area contributed by atoms with Crippen LogP contribution in [0.3, 0.4) is 0 Å². The maximum Gasteiger partial charge on any atom is 0.573 e. The largest absolute Gasteiger partial charge is 0.573 e. The van der Waals surface area contributed by atoms with E-state index in [1.54, 1.807) is 0 Å². The van der Waals surface area contributed by atoms with E-state index in [4.69, 9.17) is 5.11 Å². The van der Waals surface area contributed by atoms with Crippen molar-refractivity contribution in [1.29, 1.82) is 0 Å². The second-order valence-corrected chi connectivity index (χ2v) is 6.04. The van der Waals surface area contributed by atoms with Crippen molar-refractivity contribution in [3.8, 4) is 5.75 Å². The summed E-state index contributed by atoms with van der Waals surface area (Å²) in [4.78, 5) is 13.8.